The van der Waals surface area contributed by atoms with Crippen molar-refractivity contribution in [2.24, 2.45) is 0 Å². The predicted molar refractivity (Wildman–Crippen MR) is 149 cm³/mol. The maximum atomic E-state index is 13.4. The molecule has 0 unspecified atom stereocenters. The van der Waals surface area contributed by atoms with Gasteiger partial charge in [0.05, 0.1) is 30.6 Å². The van der Waals surface area contributed by atoms with Gasteiger partial charge in [-0.25, -0.2) is 8.42 Å². The van der Waals surface area contributed by atoms with Gasteiger partial charge in [0, 0.05) is 25.4 Å². The Morgan fingerprint density at radius 1 is 1.03 bits per heavy atom. The van der Waals surface area contributed by atoms with Crippen LogP contribution in [0.15, 0.2) is 66.9 Å². The number of hydrogen-bond donors (Lipinski definition) is 0. The summed E-state index contributed by atoms with van der Waals surface area (Å²) >= 11 is 0. The van der Waals surface area contributed by atoms with Crippen LogP contribution in [0.25, 0.3) is 0 Å². The standard InChI is InChI=1S/C30H35N3O5S/c1-21-12-13-22(2)25(16-21)30(34)32-18-28(37-3)29(19-32)38-24-9-6-8-23(17-24)20-39(35,36)33-15-7-11-27(33)26-10-4-5-14-31-26/h4-6,8-10,12-14,16-17,27-29H,7,11,15,18-20H2,1-3H3/t27-,28+,29+/m0/s1. The van der Waals surface area contributed by atoms with Crippen LogP contribution >= 0.6 is 0 Å². The Kier molecular flexibility index (Phi) is 8.02. The van der Waals surface area contributed by atoms with E-state index in [1.807, 2.05) is 56.3 Å². The summed E-state index contributed by atoms with van der Waals surface area (Å²) in [6.07, 6.45) is 2.60. The van der Waals surface area contributed by atoms with Crippen molar-refractivity contribution in [2.75, 3.05) is 26.7 Å². The number of sulfonamides is 1. The second kappa shape index (κ2) is 11.5. The van der Waals surface area contributed by atoms with Gasteiger partial charge in [-0.1, -0.05) is 35.9 Å². The maximum absolute atomic E-state index is 13.4. The fourth-order valence-corrected chi connectivity index (χ4v) is 7.28. The minimum Gasteiger partial charge on any atom is -0.486 e. The van der Waals surface area contributed by atoms with Crippen molar-refractivity contribution in [3.63, 3.8) is 0 Å². The number of carbonyl (C=O) groups is 1. The molecule has 8 nitrogen and oxygen atoms in total. The highest BCUT2D eigenvalue weighted by atomic mass is 32.2. The van der Waals surface area contributed by atoms with E-state index in [4.69, 9.17) is 9.47 Å². The molecule has 2 aliphatic rings. The highest BCUT2D eigenvalue weighted by molar-refractivity contribution is 7.88. The Morgan fingerprint density at radius 3 is 2.62 bits per heavy atom. The number of ether oxygens (including phenoxy) is 2. The molecule has 0 aliphatic carbocycles. The molecule has 9 heteroatoms. The number of aryl methyl sites for hydroxylation is 2. The molecule has 0 bridgehead atoms. The molecule has 206 valence electrons. The van der Waals surface area contributed by atoms with Crippen LogP contribution in [0.2, 0.25) is 0 Å². The summed E-state index contributed by atoms with van der Waals surface area (Å²) in [5.74, 6) is 0.388. The molecule has 3 atom stereocenters. The molecule has 1 amide bonds. The molecule has 0 N–H and O–H groups in total. The second-order valence-corrected chi connectivity index (χ2v) is 12.3. The fourth-order valence-electron chi connectivity index (χ4n) is 5.50. The van der Waals surface area contributed by atoms with Gasteiger partial charge in [-0.3, -0.25) is 9.78 Å². The fraction of sp³-hybridized carbons (Fsp3) is 0.400. The number of likely N-dealkylation sites (tertiary alicyclic amines) is 1. The summed E-state index contributed by atoms with van der Waals surface area (Å²) in [4.78, 5) is 19.4. The third-order valence-corrected chi connectivity index (χ3v) is 9.40. The predicted octanol–water partition coefficient (Wildman–Crippen LogP) is 4.28. The molecular weight excluding hydrogens is 514 g/mol. The van der Waals surface area contributed by atoms with Crippen molar-refractivity contribution >= 4 is 15.9 Å². The van der Waals surface area contributed by atoms with E-state index in [2.05, 4.69) is 4.98 Å². The molecule has 5 rings (SSSR count). The first kappa shape index (κ1) is 27.3. The van der Waals surface area contributed by atoms with Crippen LogP contribution in [-0.4, -0.2) is 67.5 Å². The van der Waals surface area contributed by atoms with Gasteiger partial charge in [-0.2, -0.15) is 4.31 Å². The lowest BCUT2D eigenvalue weighted by Crippen LogP contribution is -2.32. The topological polar surface area (TPSA) is 89.0 Å². The van der Waals surface area contributed by atoms with E-state index in [1.165, 1.54) is 0 Å². The summed E-state index contributed by atoms with van der Waals surface area (Å²) in [6, 6.07) is 18.4. The number of amides is 1. The highest BCUT2D eigenvalue weighted by Gasteiger charge is 2.38. The van der Waals surface area contributed by atoms with Crippen LogP contribution in [0.4, 0.5) is 0 Å². The Hall–Kier alpha value is -3.27. The number of benzene rings is 2. The average Bonchev–Trinajstić information content (AvgIpc) is 3.58. The first-order chi connectivity index (χ1) is 18.7. The zero-order valence-corrected chi connectivity index (χ0v) is 23.4. The third kappa shape index (κ3) is 6.00. The summed E-state index contributed by atoms with van der Waals surface area (Å²) < 4.78 is 40.4. The Morgan fingerprint density at radius 2 is 1.85 bits per heavy atom. The SMILES string of the molecule is CO[C@@H]1CN(C(=O)c2cc(C)ccc2C)C[C@H]1Oc1cccc(CS(=O)(=O)N2CCC[C@H]2c2ccccn2)c1. The molecular formula is C30H35N3O5S. The van der Waals surface area contributed by atoms with Crippen LogP contribution in [0.3, 0.4) is 0 Å². The number of rotatable bonds is 8. The number of methoxy groups -OCH3 is 1. The summed E-state index contributed by atoms with van der Waals surface area (Å²) in [5.41, 5.74) is 4.08. The summed E-state index contributed by atoms with van der Waals surface area (Å²) in [7, 11) is -1.95. The van der Waals surface area contributed by atoms with Crippen molar-refractivity contribution in [2.45, 2.75) is 50.7 Å². The first-order valence-electron chi connectivity index (χ1n) is 13.3. The number of aromatic nitrogens is 1. The van der Waals surface area contributed by atoms with Crippen molar-refractivity contribution in [1.29, 1.82) is 0 Å². The van der Waals surface area contributed by atoms with Gasteiger partial charge >= 0.3 is 0 Å². The van der Waals surface area contributed by atoms with Gasteiger partial charge in [0.25, 0.3) is 5.91 Å². The van der Waals surface area contributed by atoms with Crippen LogP contribution < -0.4 is 4.74 Å². The van der Waals surface area contributed by atoms with E-state index < -0.39 is 10.0 Å². The lowest BCUT2D eigenvalue weighted by Gasteiger charge is -2.24. The van der Waals surface area contributed by atoms with Crippen LogP contribution in [-0.2, 0) is 20.5 Å². The highest BCUT2D eigenvalue weighted by Crippen LogP contribution is 2.34. The zero-order valence-electron chi connectivity index (χ0n) is 22.6. The lowest BCUT2D eigenvalue weighted by atomic mass is 10.0. The van der Waals surface area contributed by atoms with E-state index in [0.29, 0.717) is 36.5 Å². The van der Waals surface area contributed by atoms with Crippen molar-refractivity contribution in [3.8, 4) is 5.75 Å². The summed E-state index contributed by atoms with van der Waals surface area (Å²) in [5, 5.41) is 0. The van der Waals surface area contributed by atoms with E-state index >= 15 is 0 Å². The monoisotopic (exact) mass is 549 g/mol. The molecule has 2 aliphatic heterocycles. The molecule has 0 spiro atoms. The van der Waals surface area contributed by atoms with Crippen LogP contribution in [0, 0.1) is 13.8 Å². The molecule has 2 fully saturated rings. The number of pyridine rings is 1. The maximum Gasteiger partial charge on any atom is 0.254 e. The molecule has 3 aromatic rings. The molecule has 1 aromatic heterocycles. The molecule has 39 heavy (non-hydrogen) atoms. The Balaban J connectivity index is 1.28. The van der Waals surface area contributed by atoms with Crippen molar-refractivity contribution in [1.82, 2.24) is 14.2 Å². The molecule has 0 radical (unpaired) electrons. The average molecular weight is 550 g/mol. The van der Waals surface area contributed by atoms with Crippen molar-refractivity contribution in [3.05, 3.63) is 94.8 Å². The van der Waals surface area contributed by atoms with Gasteiger partial charge < -0.3 is 14.4 Å². The number of hydrogen-bond acceptors (Lipinski definition) is 6. The van der Waals surface area contributed by atoms with E-state index in [1.54, 1.807) is 40.7 Å². The smallest absolute Gasteiger partial charge is 0.254 e. The van der Waals surface area contributed by atoms with Crippen molar-refractivity contribution < 1.29 is 22.7 Å². The second-order valence-electron chi connectivity index (χ2n) is 10.4. The number of nitrogens with zero attached hydrogens (tertiary/aromatic N) is 3. The molecule has 3 heterocycles. The zero-order chi connectivity index (χ0) is 27.6. The Bertz CT molecular complexity index is 1430. The normalized spacial score (nSPS) is 21.8. The largest absolute Gasteiger partial charge is 0.486 e. The van der Waals surface area contributed by atoms with Crippen LogP contribution in [0.5, 0.6) is 5.75 Å². The van der Waals surface area contributed by atoms with Gasteiger partial charge in [0.2, 0.25) is 10.0 Å². The Labute approximate surface area is 230 Å². The minimum absolute atomic E-state index is 0.0442. The lowest BCUT2D eigenvalue weighted by molar-refractivity contribution is 0.0339. The van der Waals surface area contributed by atoms with E-state index in [9.17, 15) is 13.2 Å². The first-order valence-corrected chi connectivity index (χ1v) is 14.9. The molecule has 0 saturated carbocycles. The van der Waals surface area contributed by atoms with Gasteiger partial charge in [0.15, 0.2) is 0 Å². The van der Waals surface area contributed by atoms with E-state index in [-0.39, 0.29) is 29.9 Å². The van der Waals surface area contributed by atoms with Gasteiger partial charge in [-0.05, 0) is 68.1 Å². The third-order valence-electron chi connectivity index (χ3n) is 7.55. The van der Waals surface area contributed by atoms with Crippen LogP contribution in [0.1, 0.15) is 51.6 Å². The number of carbonyl (C=O) groups excluding carboxylic acids is 1. The summed E-state index contributed by atoms with van der Waals surface area (Å²) in [6.45, 7) is 5.20. The molecule has 2 aromatic carbocycles. The quantitative estimate of drug-likeness (QED) is 0.417. The van der Waals surface area contributed by atoms with Gasteiger partial charge in [0.1, 0.15) is 18.0 Å². The molecule has 2 saturated heterocycles. The van der Waals surface area contributed by atoms with Gasteiger partial charge in [-0.15, -0.1) is 0 Å². The minimum atomic E-state index is -3.57. The van der Waals surface area contributed by atoms with E-state index in [0.717, 1.165) is 29.7 Å².